The Morgan fingerprint density at radius 3 is 2.00 bits per heavy atom. The fourth-order valence-corrected chi connectivity index (χ4v) is 0.531. The van der Waals surface area contributed by atoms with E-state index >= 15 is 0 Å². The van der Waals surface area contributed by atoms with Crippen LogP contribution in [0.1, 0.15) is 40.5 Å². The summed E-state index contributed by atoms with van der Waals surface area (Å²) in [6.07, 6.45) is -0.379. The van der Waals surface area contributed by atoms with Gasteiger partial charge in [0.1, 0.15) is 0 Å². The molecule has 0 radical (unpaired) electrons. The van der Waals surface area contributed by atoms with Crippen molar-refractivity contribution in [3.8, 4) is 0 Å². The molecule has 0 aliphatic rings. The molecule has 0 spiro atoms. The first-order chi connectivity index (χ1) is 6.02. The van der Waals surface area contributed by atoms with Gasteiger partial charge in [0, 0.05) is 0 Å². The van der Waals surface area contributed by atoms with E-state index in [0.29, 0.717) is 0 Å². The maximum atomic E-state index is 10.7. The highest BCUT2D eigenvalue weighted by Crippen LogP contribution is 1.96. The summed E-state index contributed by atoms with van der Waals surface area (Å²) in [5.41, 5.74) is 0. The molecule has 0 fully saturated rings. The summed E-state index contributed by atoms with van der Waals surface area (Å²) in [5, 5.41) is 8.19. The van der Waals surface area contributed by atoms with Gasteiger partial charge in [-0.2, -0.15) is 0 Å². The fraction of sp³-hybridized carbons (Fsp3) is 0.778. The highest BCUT2D eigenvalue weighted by Gasteiger charge is 2.07. The first-order valence-electron chi connectivity index (χ1n) is 4.43. The molecule has 0 aliphatic heterocycles. The number of rotatable bonds is 4. The molecule has 0 rings (SSSR count). The van der Waals surface area contributed by atoms with Gasteiger partial charge in [-0.3, -0.25) is 9.59 Å². The molecule has 0 saturated heterocycles. The minimum atomic E-state index is -0.981. The van der Waals surface area contributed by atoms with Gasteiger partial charge in [0.15, 0.2) is 0 Å². The zero-order valence-electron chi connectivity index (χ0n) is 8.66. The van der Waals surface area contributed by atoms with Crippen LogP contribution in [0.25, 0.3) is 0 Å². The molecule has 4 heteroatoms. The first-order valence-corrected chi connectivity index (χ1v) is 4.43. The van der Waals surface area contributed by atoms with Crippen molar-refractivity contribution in [3.05, 3.63) is 0 Å². The molecule has 78 valence electrons. The van der Waals surface area contributed by atoms with Gasteiger partial charge in [0.25, 0.3) is 0 Å². The van der Waals surface area contributed by atoms with Crippen LogP contribution in [0.5, 0.6) is 0 Å². The topological polar surface area (TPSA) is 63.6 Å². The number of carbonyl (C=O) groups is 2. The Balaban J connectivity index is 0. The second-order valence-corrected chi connectivity index (χ2v) is 2.43. The Morgan fingerprint density at radius 2 is 1.69 bits per heavy atom. The van der Waals surface area contributed by atoms with E-state index < -0.39 is 11.9 Å². The van der Waals surface area contributed by atoms with Gasteiger partial charge in [0.2, 0.25) is 0 Å². The average molecular weight is 190 g/mol. The quantitative estimate of drug-likeness (QED) is 0.687. The fourth-order valence-electron chi connectivity index (χ4n) is 0.531. The van der Waals surface area contributed by atoms with Crippen LogP contribution >= 0.6 is 0 Å². The second kappa shape index (κ2) is 9.03. The van der Waals surface area contributed by atoms with Crippen LogP contribution in [-0.2, 0) is 14.3 Å². The van der Waals surface area contributed by atoms with E-state index in [1.807, 2.05) is 13.8 Å². The van der Waals surface area contributed by atoms with Crippen molar-refractivity contribution in [1.82, 2.24) is 0 Å². The van der Waals surface area contributed by atoms with E-state index in [0.717, 1.165) is 0 Å². The first kappa shape index (κ1) is 14.5. The van der Waals surface area contributed by atoms with Gasteiger partial charge in [-0.05, 0) is 13.8 Å². The number of hydrogen-bond donors (Lipinski definition) is 1. The van der Waals surface area contributed by atoms with Crippen LogP contribution in [-0.4, -0.2) is 23.1 Å². The average Bonchev–Trinajstić information content (AvgIpc) is 2.03. The number of esters is 1. The molecule has 0 heterocycles. The SMILES string of the molecule is CC.CC(C)OC(=O)CCC(=O)O. The van der Waals surface area contributed by atoms with E-state index in [2.05, 4.69) is 0 Å². The molecule has 0 bridgehead atoms. The molecule has 0 aromatic carbocycles. The smallest absolute Gasteiger partial charge is 0.306 e. The number of aliphatic carboxylic acids is 1. The van der Waals surface area contributed by atoms with Crippen molar-refractivity contribution in [2.45, 2.75) is 46.6 Å². The van der Waals surface area contributed by atoms with Gasteiger partial charge in [-0.25, -0.2) is 0 Å². The summed E-state index contributed by atoms with van der Waals surface area (Å²) in [6, 6.07) is 0. The van der Waals surface area contributed by atoms with Crippen LogP contribution in [0.3, 0.4) is 0 Å². The summed E-state index contributed by atoms with van der Waals surface area (Å²) in [6.45, 7) is 7.44. The third-order valence-electron chi connectivity index (χ3n) is 0.910. The van der Waals surface area contributed by atoms with Crippen molar-refractivity contribution < 1.29 is 19.4 Å². The number of carboxylic acid groups (broad SMARTS) is 1. The normalized spacial score (nSPS) is 8.69. The monoisotopic (exact) mass is 190 g/mol. The van der Waals surface area contributed by atoms with Crippen molar-refractivity contribution in [3.63, 3.8) is 0 Å². The number of carbonyl (C=O) groups excluding carboxylic acids is 1. The van der Waals surface area contributed by atoms with Gasteiger partial charge >= 0.3 is 11.9 Å². The molecule has 0 aromatic heterocycles. The van der Waals surface area contributed by atoms with Crippen molar-refractivity contribution in [2.24, 2.45) is 0 Å². The van der Waals surface area contributed by atoms with E-state index in [4.69, 9.17) is 9.84 Å². The molecule has 4 nitrogen and oxygen atoms in total. The predicted molar refractivity (Wildman–Crippen MR) is 49.4 cm³/mol. The Morgan fingerprint density at radius 1 is 1.23 bits per heavy atom. The lowest BCUT2D eigenvalue weighted by Gasteiger charge is -2.05. The Kier molecular flexibility index (Phi) is 10.0. The summed E-state index contributed by atoms with van der Waals surface area (Å²) in [5.74, 6) is -1.44. The summed E-state index contributed by atoms with van der Waals surface area (Å²) in [4.78, 5) is 20.7. The molecule has 1 N–H and O–H groups in total. The van der Waals surface area contributed by atoms with E-state index in [9.17, 15) is 9.59 Å². The summed E-state index contributed by atoms with van der Waals surface area (Å²) < 4.78 is 4.70. The van der Waals surface area contributed by atoms with E-state index in [1.165, 1.54) is 0 Å². The summed E-state index contributed by atoms with van der Waals surface area (Å²) >= 11 is 0. The predicted octanol–water partition coefficient (Wildman–Crippen LogP) is 1.83. The van der Waals surface area contributed by atoms with Gasteiger partial charge in [-0.1, -0.05) is 13.8 Å². The zero-order valence-corrected chi connectivity index (χ0v) is 8.66. The Bertz CT molecular complexity index is 152. The van der Waals surface area contributed by atoms with Crippen molar-refractivity contribution >= 4 is 11.9 Å². The standard InChI is InChI=1S/C7H12O4.C2H6/c1-5(2)11-7(10)4-3-6(8)9;1-2/h5H,3-4H2,1-2H3,(H,8,9);1-2H3. The maximum absolute atomic E-state index is 10.7. The van der Waals surface area contributed by atoms with Crippen LogP contribution < -0.4 is 0 Å². The minimum Gasteiger partial charge on any atom is -0.481 e. The van der Waals surface area contributed by atoms with E-state index in [1.54, 1.807) is 13.8 Å². The third-order valence-corrected chi connectivity index (χ3v) is 0.910. The molecule has 0 unspecified atom stereocenters. The van der Waals surface area contributed by atoms with Gasteiger partial charge in [-0.15, -0.1) is 0 Å². The zero-order chi connectivity index (χ0) is 10.9. The van der Waals surface area contributed by atoms with Gasteiger partial charge < -0.3 is 9.84 Å². The second-order valence-electron chi connectivity index (χ2n) is 2.43. The lowest BCUT2D eigenvalue weighted by atomic mass is 10.3. The maximum Gasteiger partial charge on any atom is 0.306 e. The van der Waals surface area contributed by atoms with Crippen LogP contribution in [0.2, 0.25) is 0 Å². The molecular weight excluding hydrogens is 172 g/mol. The highest BCUT2D eigenvalue weighted by molar-refractivity contribution is 5.76. The molecule has 0 atom stereocenters. The van der Waals surface area contributed by atoms with Crippen LogP contribution in [0.15, 0.2) is 0 Å². The largest absolute Gasteiger partial charge is 0.481 e. The molecular formula is C9H18O4. The number of ether oxygens (including phenoxy) is 1. The number of carboxylic acids is 1. The summed E-state index contributed by atoms with van der Waals surface area (Å²) in [7, 11) is 0. The Hall–Kier alpha value is -1.06. The molecule has 0 saturated carbocycles. The Labute approximate surface area is 78.9 Å². The lowest BCUT2D eigenvalue weighted by molar-refractivity contribution is -0.150. The van der Waals surface area contributed by atoms with Crippen molar-refractivity contribution in [2.75, 3.05) is 0 Å². The van der Waals surface area contributed by atoms with E-state index in [-0.39, 0.29) is 18.9 Å². The lowest BCUT2D eigenvalue weighted by Crippen LogP contribution is -2.12. The number of hydrogen-bond acceptors (Lipinski definition) is 3. The molecule has 13 heavy (non-hydrogen) atoms. The molecule has 0 amide bonds. The van der Waals surface area contributed by atoms with Crippen LogP contribution in [0.4, 0.5) is 0 Å². The van der Waals surface area contributed by atoms with Gasteiger partial charge in [0.05, 0.1) is 18.9 Å². The minimum absolute atomic E-state index is 0.0481. The molecule has 0 aromatic rings. The molecule has 0 aliphatic carbocycles. The van der Waals surface area contributed by atoms with Crippen LogP contribution in [0, 0.1) is 0 Å². The van der Waals surface area contributed by atoms with Crippen molar-refractivity contribution in [1.29, 1.82) is 0 Å². The third kappa shape index (κ3) is 13.9. The highest BCUT2D eigenvalue weighted by atomic mass is 16.5.